The fraction of sp³-hybridized carbons (Fsp3) is 0.451. The minimum Gasteiger partial charge on any atom is -0.508 e. The van der Waals surface area contributed by atoms with Gasteiger partial charge in [-0.3, -0.25) is 21.0 Å². The van der Waals surface area contributed by atoms with Crippen molar-refractivity contribution in [3.8, 4) is 40.7 Å². The number of unbranched alkanes of at least 4 members (excludes halogenated alkanes) is 1. The van der Waals surface area contributed by atoms with Gasteiger partial charge in [-0.25, -0.2) is 0 Å². The van der Waals surface area contributed by atoms with E-state index in [2.05, 4.69) is 106 Å². The molecule has 3 unspecified atom stereocenters. The minimum atomic E-state index is -0.421. The molecule has 2 aromatic heterocycles. The molecule has 0 bridgehead atoms. The van der Waals surface area contributed by atoms with Gasteiger partial charge < -0.3 is 29.4 Å². The summed E-state index contributed by atoms with van der Waals surface area (Å²) >= 11 is 0. The molecule has 0 saturated carbocycles. The van der Waals surface area contributed by atoms with Crippen molar-refractivity contribution in [2.24, 2.45) is 17.2 Å². The summed E-state index contributed by atoms with van der Waals surface area (Å²) in [7, 11) is 3.66. The van der Waals surface area contributed by atoms with E-state index in [0.717, 1.165) is 100 Å². The Kier molecular flexibility index (Phi) is 16.1. The summed E-state index contributed by atoms with van der Waals surface area (Å²) in [6, 6.07) is 15.5. The molecule has 0 spiro atoms. The van der Waals surface area contributed by atoms with Gasteiger partial charge in [-0.1, -0.05) is 71.1 Å². The van der Waals surface area contributed by atoms with Crippen LogP contribution in [0.1, 0.15) is 96.6 Å². The number of benzene rings is 2. The van der Waals surface area contributed by atoms with Crippen molar-refractivity contribution in [1.82, 2.24) is 25.2 Å². The van der Waals surface area contributed by atoms with Crippen LogP contribution < -0.4 is 16.6 Å². The third-order valence-corrected chi connectivity index (χ3v) is 12.1. The third-order valence-electron chi connectivity index (χ3n) is 12.1. The highest BCUT2D eigenvalue weighted by Crippen LogP contribution is 2.42. The maximum Gasteiger partial charge on any atom is 0.243 e. The molecule has 2 heterocycles. The first-order valence-corrected chi connectivity index (χ1v) is 21.7. The lowest BCUT2D eigenvalue weighted by atomic mass is 9.84. The SMILES string of the molecule is C#COCC(C)(C)Cc1c(-c2cccnc2C(C)OC)n(CC)c2ccc(-c3cc(O)cc(CC(NC(=O)C(C(C)C)N(C)C(=C)C4=CCC4)C(=C)CCCCNN)c3)cc12. The van der Waals surface area contributed by atoms with Crippen LogP contribution in [-0.2, 0) is 33.7 Å². The van der Waals surface area contributed by atoms with Crippen molar-refractivity contribution in [3.63, 3.8) is 0 Å². The summed E-state index contributed by atoms with van der Waals surface area (Å²) in [5.74, 6) is 5.67. The number of likely N-dealkylation sites (N-methyl/N-ethyl adjacent to an activating group) is 1. The number of allylic oxidation sites excluding steroid dienone is 2. The van der Waals surface area contributed by atoms with Crippen molar-refractivity contribution >= 4 is 16.8 Å². The Bertz CT molecular complexity index is 2260. The Morgan fingerprint density at radius 3 is 2.52 bits per heavy atom. The van der Waals surface area contributed by atoms with E-state index in [1.165, 1.54) is 5.57 Å². The zero-order valence-electron chi connectivity index (χ0n) is 37.7. The summed E-state index contributed by atoms with van der Waals surface area (Å²) in [5, 5.41) is 15.8. The standard InChI is InChI=1S/C51H68N6O4/c1-12-57-46-23-22-39(30-43(46)44(31-51(8,9)32-61-13-2)49(57)42-21-17-24-53-47(42)36(7)60-11)40-26-37(27-41(58)29-40)28-45(34(5)18-14-15-25-54-52)55-50(59)48(33(3)4)56(10)35(6)38-19-16-20-38/h2,17,19,21-24,26-27,29-30,33,36,45,48,54,58H,5-6,12,14-16,18,20,25,28,31-32,52H2,1,3-4,7-11H3,(H,55,59). The second-order valence-corrected chi connectivity index (χ2v) is 17.6. The third kappa shape index (κ3) is 11.1. The molecule has 5 rings (SSSR count). The smallest absolute Gasteiger partial charge is 0.243 e. The molecule has 0 saturated heterocycles. The monoisotopic (exact) mass is 829 g/mol. The van der Waals surface area contributed by atoms with Crippen LogP contribution >= 0.6 is 0 Å². The van der Waals surface area contributed by atoms with Crippen molar-refractivity contribution in [2.45, 2.75) is 111 Å². The maximum absolute atomic E-state index is 14.3. The molecule has 4 aromatic rings. The van der Waals surface area contributed by atoms with Crippen molar-refractivity contribution in [2.75, 3.05) is 27.3 Å². The van der Waals surface area contributed by atoms with Gasteiger partial charge >= 0.3 is 0 Å². The molecule has 5 N–H and O–H groups in total. The molecule has 0 fully saturated rings. The first kappa shape index (κ1) is 46.7. The van der Waals surface area contributed by atoms with Crippen LogP contribution in [0.15, 0.2) is 90.8 Å². The predicted octanol–water partition coefficient (Wildman–Crippen LogP) is 9.39. The van der Waals surface area contributed by atoms with E-state index < -0.39 is 6.04 Å². The molecule has 0 radical (unpaired) electrons. The Labute approximate surface area is 364 Å². The predicted molar refractivity (Wildman–Crippen MR) is 249 cm³/mol. The van der Waals surface area contributed by atoms with Crippen LogP contribution in [0.5, 0.6) is 5.75 Å². The first-order valence-electron chi connectivity index (χ1n) is 21.7. The number of hydrogen-bond donors (Lipinski definition) is 4. The molecule has 10 heteroatoms. The van der Waals surface area contributed by atoms with Gasteiger partial charge in [0, 0.05) is 61.0 Å². The molecule has 10 nitrogen and oxygen atoms in total. The number of pyridine rings is 1. The van der Waals surface area contributed by atoms with Crippen molar-refractivity contribution in [3.05, 3.63) is 108 Å². The lowest BCUT2D eigenvalue weighted by Crippen LogP contribution is -2.51. The first-order chi connectivity index (χ1) is 29.1. The molecule has 61 heavy (non-hydrogen) atoms. The van der Waals surface area contributed by atoms with Gasteiger partial charge in [0.15, 0.2) is 0 Å². The zero-order chi connectivity index (χ0) is 44.4. The van der Waals surface area contributed by atoms with E-state index in [9.17, 15) is 9.90 Å². The topological polar surface area (TPSA) is 127 Å². The van der Waals surface area contributed by atoms with Crippen LogP contribution in [-0.4, -0.2) is 64.9 Å². The number of nitrogens with zero attached hydrogens (tertiary/aromatic N) is 3. The minimum absolute atomic E-state index is 0.0331. The number of phenolic OH excluding ortho intramolecular Hbond substituents is 1. The van der Waals surface area contributed by atoms with Crippen LogP contribution in [0.4, 0.5) is 0 Å². The number of terminal acetylenes is 1. The van der Waals surface area contributed by atoms with E-state index in [4.69, 9.17) is 26.7 Å². The van der Waals surface area contributed by atoms with Gasteiger partial charge in [0.1, 0.15) is 24.5 Å². The normalized spacial score (nSPS) is 14.1. The molecule has 1 amide bonds. The van der Waals surface area contributed by atoms with Gasteiger partial charge in [-0.2, -0.15) is 0 Å². The van der Waals surface area contributed by atoms with Crippen molar-refractivity contribution < 1.29 is 19.4 Å². The highest BCUT2D eigenvalue weighted by atomic mass is 16.5. The van der Waals surface area contributed by atoms with Gasteiger partial charge in [-0.05, 0) is 129 Å². The largest absolute Gasteiger partial charge is 0.508 e. The lowest BCUT2D eigenvalue weighted by molar-refractivity contribution is -0.127. The number of ether oxygens (including phenoxy) is 2. The number of aromatic hydroxyl groups is 1. The molecule has 1 aliphatic carbocycles. The number of carbonyl (C=O) groups is 1. The number of aryl methyl sites for hydroxylation is 1. The number of phenols is 1. The van der Waals surface area contributed by atoms with Gasteiger partial charge in [-0.15, -0.1) is 0 Å². The molecular weight excluding hydrogens is 761 g/mol. The van der Waals surface area contributed by atoms with Crippen LogP contribution in [0, 0.1) is 23.9 Å². The van der Waals surface area contributed by atoms with E-state index in [1.807, 2.05) is 31.1 Å². The number of nitrogens with two attached hydrogens (primary N) is 1. The average Bonchev–Trinajstić information content (AvgIpc) is 3.51. The highest BCUT2D eigenvalue weighted by molar-refractivity contribution is 5.95. The number of hydrazine groups is 1. The lowest BCUT2D eigenvalue weighted by Gasteiger charge is -2.36. The summed E-state index contributed by atoms with van der Waals surface area (Å²) in [5.41, 5.74) is 13.4. The fourth-order valence-electron chi connectivity index (χ4n) is 8.61. The molecule has 2 aromatic carbocycles. The summed E-state index contributed by atoms with van der Waals surface area (Å²) in [6.07, 6.45) is 17.3. The summed E-state index contributed by atoms with van der Waals surface area (Å²) in [4.78, 5) is 21.1. The van der Waals surface area contributed by atoms with Gasteiger partial charge in [0.2, 0.25) is 5.91 Å². The second kappa shape index (κ2) is 21.0. The quantitative estimate of drug-likeness (QED) is 0.0192. The molecule has 3 atom stereocenters. The van der Waals surface area contributed by atoms with E-state index in [-0.39, 0.29) is 35.1 Å². The average molecular weight is 829 g/mol. The number of carbonyl (C=O) groups excluding carboxylic acids is 1. The fourth-order valence-corrected chi connectivity index (χ4v) is 8.61. The Hall–Kier alpha value is -5.34. The number of aromatic nitrogens is 2. The highest BCUT2D eigenvalue weighted by Gasteiger charge is 2.32. The van der Waals surface area contributed by atoms with Crippen LogP contribution in [0.2, 0.25) is 0 Å². The van der Waals surface area contributed by atoms with Crippen LogP contribution in [0.25, 0.3) is 33.3 Å². The molecule has 1 aliphatic rings. The Morgan fingerprint density at radius 2 is 1.89 bits per heavy atom. The number of hydrogen-bond acceptors (Lipinski definition) is 8. The summed E-state index contributed by atoms with van der Waals surface area (Å²) in [6.45, 7) is 23.3. The Balaban J connectivity index is 1.57. The Morgan fingerprint density at radius 1 is 1.13 bits per heavy atom. The zero-order valence-corrected chi connectivity index (χ0v) is 37.7. The van der Waals surface area contributed by atoms with Crippen molar-refractivity contribution in [1.29, 1.82) is 0 Å². The maximum atomic E-state index is 14.3. The van der Waals surface area contributed by atoms with Gasteiger partial charge in [0.05, 0.1) is 23.5 Å². The summed E-state index contributed by atoms with van der Waals surface area (Å²) < 4.78 is 13.7. The molecule has 0 aliphatic heterocycles. The molecular formula is C51H68N6O4. The number of amides is 1. The number of methoxy groups -OCH3 is 1. The number of nitrogens with one attached hydrogen (secondary N) is 2. The number of rotatable bonds is 23. The molecule has 326 valence electrons. The van der Waals surface area contributed by atoms with E-state index in [0.29, 0.717) is 26.0 Å². The second-order valence-electron chi connectivity index (χ2n) is 17.6. The van der Waals surface area contributed by atoms with E-state index >= 15 is 0 Å². The van der Waals surface area contributed by atoms with Gasteiger partial charge in [0.25, 0.3) is 0 Å². The number of fused-ring (bicyclic) bond motifs is 1. The van der Waals surface area contributed by atoms with E-state index in [1.54, 1.807) is 19.2 Å². The van der Waals surface area contributed by atoms with Crippen LogP contribution in [0.3, 0.4) is 0 Å².